The van der Waals surface area contributed by atoms with Gasteiger partial charge in [-0.25, -0.2) is 8.42 Å². The number of furan rings is 1. The lowest BCUT2D eigenvalue weighted by Crippen LogP contribution is -2.33. The Bertz CT molecular complexity index is 503. The van der Waals surface area contributed by atoms with Crippen LogP contribution in [-0.2, 0) is 20.6 Å². The highest BCUT2D eigenvalue weighted by molar-refractivity contribution is 7.89. The van der Waals surface area contributed by atoms with Gasteiger partial charge in [-0.15, -0.1) is 11.6 Å². The minimum atomic E-state index is -3.50. The van der Waals surface area contributed by atoms with Gasteiger partial charge in [0.1, 0.15) is 16.4 Å². The highest BCUT2D eigenvalue weighted by Crippen LogP contribution is 2.25. The predicted molar refractivity (Wildman–Crippen MR) is 67.2 cm³/mol. The molecule has 7 heteroatoms. The van der Waals surface area contributed by atoms with Crippen LogP contribution in [0.2, 0.25) is 0 Å². The summed E-state index contributed by atoms with van der Waals surface area (Å²) in [5.41, 5.74) is 0. The highest BCUT2D eigenvalue weighted by atomic mass is 35.5. The molecule has 18 heavy (non-hydrogen) atoms. The van der Waals surface area contributed by atoms with Crippen LogP contribution in [0.1, 0.15) is 17.9 Å². The van der Waals surface area contributed by atoms with Crippen molar-refractivity contribution in [3.8, 4) is 0 Å². The van der Waals surface area contributed by atoms with Crippen LogP contribution >= 0.6 is 11.6 Å². The van der Waals surface area contributed by atoms with E-state index in [2.05, 4.69) is 0 Å². The van der Waals surface area contributed by atoms with Crippen molar-refractivity contribution in [2.24, 2.45) is 0 Å². The average Bonchev–Trinajstić information content (AvgIpc) is 2.55. The average molecular weight is 294 g/mol. The van der Waals surface area contributed by atoms with Crippen molar-refractivity contribution in [1.82, 2.24) is 4.31 Å². The van der Waals surface area contributed by atoms with E-state index in [0.717, 1.165) is 0 Å². The Labute approximate surface area is 112 Å². The highest BCUT2D eigenvalue weighted by Gasteiger charge is 2.29. The van der Waals surface area contributed by atoms with E-state index in [1.807, 2.05) is 0 Å². The van der Waals surface area contributed by atoms with Crippen LogP contribution in [0.15, 0.2) is 15.4 Å². The van der Waals surface area contributed by atoms with Crippen LogP contribution in [0.25, 0.3) is 0 Å². The molecule has 5 nitrogen and oxygen atoms in total. The molecule has 1 aromatic rings. The second-order valence-corrected chi connectivity index (χ2v) is 6.31. The Hall–Kier alpha value is -0.560. The maximum Gasteiger partial charge on any atom is 0.246 e. The SMILES string of the molecule is Cc1oc(CCl)cc1S(=O)(=O)N1CCCOCC1. The third kappa shape index (κ3) is 2.71. The largest absolute Gasteiger partial charge is 0.464 e. The summed E-state index contributed by atoms with van der Waals surface area (Å²) in [5.74, 6) is 1.02. The molecule has 0 saturated carbocycles. The van der Waals surface area contributed by atoms with Gasteiger partial charge in [-0.1, -0.05) is 0 Å². The molecule has 0 spiro atoms. The topological polar surface area (TPSA) is 59.8 Å². The first-order chi connectivity index (χ1) is 8.55. The smallest absolute Gasteiger partial charge is 0.246 e. The fourth-order valence-corrected chi connectivity index (χ4v) is 3.73. The number of ether oxygens (including phenoxy) is 1. The van der Waals surface area contributed by atoms with E-state index in [1.54, 1.807) is 6.92 Å². The molecule has 0 radical (unpaired) electrons. The van der Waals surface area contributed by atoms with E-state index in [0.29, 0.717) is 44.2 Å². The van der Waals surface area contributed by atoms with Gasteiger partial charge in [0.2, 0.25) is 10.0 Å². The lowest BCUT2D eigenvalue weighted by molar-refractivity contribution is 0.148. The van der Waals surface area contributed by atoms with Gasteiger partial charge in [0, 0.05) is 25.8 Å². The number of rotatable bonds is 3. The summed E-state index contributed by atoms with van der Waals surface area (Å²) in [4.78, 5) is 0.208. The molecule has 0 aromatic carbocycles. The van der Waals surface area contributed by atoms with Crippen molar-refractivity contribution in [2.75, 3.05) is 26.3 Å². The first-order valence-electron chi connectivity index (χ1n) is 5.79. The first kappa shape index (κ1) is 13.9. The van der Waals surface area contributed by atoms with E-state index < -0.39 is 10.0 Å². The Morgan fingerprint density at radius 3 is 2.83 bits per heavy atom. The zero-order valence-electron chi connectivity index (χ0n) is 10.2. The first-order valence-corrected chi connectivity index (χ1v) is 7.76. The third-order valence-corrected chi connectivity index (χ3v) is 5.12. The molecule has 0 N–H and O–H groups in total. The molecule has 1 aliphatic rings. The number of hydrogen-bond acceptors (Lipinski definition) is 4. The number of sulfonamides is 1. The molecule has 1 fully saturated rings. The Morgan fingerprint density at radius 2 is 2.17 bits per heavy atom. The maximum absolute atomic E-state index is 12.5. The molecule has 2 heterocycles. The quantitative estimate of drug-likeness (QED) is 0.797. The van der Waals surface area contributed by atoms with Crippen LogP contribution in [0, 0.1) is 6.92 Å². The van der Waals surface area contributed by atoms with Crippen molar-refractivity contribution < 1.29 is 17.6 Å². The van der Waals surface area contributed by atoms with Crippen molar-refractivity contribution >= 4 is 21.6 Å². The molecule has 1 aliphatic heterocycles. The molecular weight excluding hydrogens is 278 g/mol. The predicted octanol–water partition coefficient (Wildman–Crippen LogP) is 1.74. The van der Waals surface area contributed by atoms with Gasteiger partial charge in [-0.3, -0.25) is 0 Å². The van der Waals surface area contributed by atoms with Crippen LogP contribution in [0.5, 0.6) is 0 Å². The van der Waals surface area contributed by atoms with Crippen LogP contribution in [0.4, 0.5) is 0 Å². The van der Waals surface area contributed by atoms with E-state index in [4.69, 9.17) is 20.8 Å². The molecule has 0 bridgehead atoms. The van der Waals surface area contributed by atoms with E-state index in [1.165, 1.54) is 10.4 Å². The molecule has 1 aromatic heterocycles. The summed E-state index contributed by atoms with van der Waals surface area (Å²) in [6, 6.07) is 1.50. The molecule has 1 saturated heterocycles. The van der Waals surface area contributed by atoms with Gasteiger partial charge < -0.3 is 9.15 Å². The fraction of sp³-hybridized carbons (Fsp3) is 0.636. The Balaban J connectivity index is 2.31. The Morgan fingerprint density at radius 1 is 1.39 bits per heavy atom. The molecule has 0 aliphatic carbocycles. The summed E-state index contributed by atoms with van der Waals surface area (Å²) in [5, 5.41) is 0. The van der Waals surface area contributed by atoms with Crippen molar-refractivity contribution in [1.29, 1.82) is 0 Å². The van der Waals surface area contributed by atoms with Gasteiger partial charge in [0.25, 0.3) is 0 Å². The van der Waals surface area contributed by atoms with Gasteiger partial charge >= 0.3 is 0 Å². The number of nitrogens with zero attached hydrogens (tertiary/aromatic N) is 1. The summed E-state index contributed by atoms with van der Waals surface area (Å²) < 4.78 is 36.9. The molecule has 0 atom stereocenters. The number of hydrogen-bond donors (Lipinski definition) is 0. The van der Waals surface area contributed by atoms with Crippen molar-refractivity contribution in [3.05, 3.63) is 17.6 Å². The second-order valence-electron chi connectivity index (χ2n) is 4.14. The lowest BCUT2D eigenvalue weighted by atomic mass is 10.4. The maximum atomic E-state index is 12.5. The number of aryl methyl sites for hydroxylation is 1. The number of alkyl halides is 1. The van der Waals surface area contributed by atoms with Gasteiger partial charge in [-0.2, -0.15) is 4.31 Å². The van der Waals surface area contributed by atoms with Gasteiger partial charge in [0.05, 0.1) is 12.5 Å². The van der Waals surface area contributed by atoms with Crippen LogP contribution in [-0.4, -0.2) is 39.0 Å². The normalized spacial score (nSPS) is 18.8. The summed E-state index contributed by atoms with van der Waals surface area (Å²) in [6.07, 6.45) is 0.707. The fourth-order valence-electron chi connectivity index (χ4n) is 1.95. The molecule has 0 amide bonds. The lowest BCUT2D eigenvalue weighted by Gasteiger charge is -2.18. The third-order valence-electron chi connectivity index (χ3n) is 2.85. The zero-order valence-corrected chi connectivity index (χ0v) is 11.8. The second kappa shape index (κ2) is 5.61. The summed E-state index contributed by atoms with van der Waals surface area (Å²) >= 11 is 5.65. The van der Waals surface area contributed by atoms with Crippen molar-refractivity contribution in [3.63, 3.8) is 0 Å². The Kier molecular flexibility index (Phi) is 4.32. The minimum absolute atomic E-state index is 0.166. The molecule has 2 rings (SSSR count). The van der Waals surface area contributed by atoms with E-state index in [9.17, 15) is 8.42 Å². The molecule has 102 valence electrons. The van der Waals surface area contributed by atoms with Crippen LogP contribution in [0.3, 0.4) is 0 Å². The summed E-state index contributed by atoms with van der Waals surface area (Å²) in [6.45, 7) is 3.52. The van der Waals surface area contributed by atoms with Gasteiger partial charge in [-0.05, 0) is 13.3 Å². The monoisotopic (exact) mass is 293 g/mol. The van der Waals surface area contributed by atoms with Crippen LogP contribution < -0.4 is 0 Å². The van der Waals surface area contributed by atoms with Gasteiger partial charge in [0.15, 0.2) is 0 Å². The minimum Gasteiger partial charge on any atom is -0.464 e. The van der Waals surface area contributed by atoms with E-state index >= 15 is 0 Å². The summed E-state index contributed by atoms with van der Waals surface area (Å²) in [7, 11) is -3.50. The van der Waals surface area contributed by atoms with Crippen molar-refractivity contribution in [2.45, 2.75) is 24.1 Å². The molecular formula is C11H16ClNO4S. The van der Waals surface area contributed by atoms with E-state index in [-0.39, 0.29) is 10.8 Å². The number of halogens is 1. The zero-order chi connectivity index (χ0) is 13.2. The standard InChI is InChI=1S/C11H16ClNO4S/c1-9-11(7-10(8-12)17-9)18(14,15)13-3-2-5-16-6-4-13/h7H,2-6,8H2,1H3. The molecule has 0 unspecified atom stereocenters.